The van der Waals surface area contributed by atoms with Gasteiger partial charge in [-0.1, -0.05) is 6.07 Å². The molecule has 1 aromatic carbocycles. The van der Waals surface area contributed by atoms with Gasteiger partial charge in [0.1, 0.15) is 0 Å². The fourth-order valence-corrected chi connectivity index (χ4v) is 2.30. The number of rotatable bonds is 2. The van der Waals surface area contributed by atoms with Gasteiger partial charge < -0.3 is 4.90 Å². The largest absolute Gasteiger partial charge is 0.336 e. The number of piperazine rings is 1. The summed E-state index contributed by atoms with van der Waals surface area (Å²) in [6.07, 6.45) is 0. The highest BCUT2D eigenvalue weighted by Gasteiger charge is 2.24. The minimum absolute atomic E-state index is 0.0497. The van der Waals surface area contributed by atoms with Crippen LogP contribution in [-0.2, 0) is 0 Å². The Hall–Kier alpha value is -2.37. The van der Waals surface area contributed by atoms with Gasteiger partial charge in [0.05, 0.1) is 23.7 Å². The second-order valence-electron chi connectivity index (χ2n) is 4.83. The molecule has 1 aliphatic rings. The second-order valence-corrected chi connectivity index (χ2v) is 4.83. The minimum atomic E-state index is -0.117. The summed E-state index contributed by atoms with van der Waals surface area (Å²) in [5.74, 6) is -0.0497. The van der Waals surface area contributed by atoms with Crippen LogP contribution in [0.3, 0.4) is 0 Å². The highest BCUT2D eigenvalue weighted by atomic mass is 16.2. The third-order valence-corrected chi connectivity index (χ3v) is 3.57. The van der Waals surface area contributed by atoms with Crippen LogP contribution in [0.4, 0.5) is 0 Å². The SMILES string of the molecule is CC(C#N)N1CCN(C(=O)c2cccc(C#N)c2)CC1. The van der Waals surface area contributed by atoms with Gasteiger partial charge in [-0.2, -0.15) is 10.5 Å². The van der Waals surface area contributed by atoms with E-state index in [1.807, 2.05) is 13.0 Å². The van der Waals surface area contributed by atoms with E-state index in [1.165, 1.54) is 0 Å². The molecule has 1 fully saturated rings. The first-order chi connectivity index (χ1) is 9.65. The van der Waals surface area contributed by atoms with Gasteiger partial charge in [0.15, 0.2) is 0 Å². The first-order valence-electron chi connectivity index (χ1n) is 6.59. The zero-order valence-corrected chi connectivity index (χ0v) is 11.4. The summed E-state index contributed by atoms with van der Waals surface area (Å²) in [4.78, 5) is 16.2. The average Bonchev–Trinajstić information content (AvgIpc) is 2.53. The maximum absolute atomic E-state index is 12.3. The van der Waals surface area contributed by atoms with Crippen molar-refractivity contribution >= 4 is 5.91 Å². The lowest BCUT2D eigenvalue weighted by atomic mass is 10.1. The Morgan fingerprint density at radius 1 is 1.25 bits per heavy atom. The van der Waals surface area contributed by atoms with E-state index in [2.05, 4.69) is 11.0 Å². The van der Waals surface area contributed by atoms with Crippen molar-refractivity contribution in [3.8, 4) is 12.1 Å². The van der Waals surface area contributed by atoms with E-state index in [0.717, 1.165) is 0 Å². The van der Waals surface area contributed by atoms with E-state index < -0.39 is 0 Å². The van der Waals surface area contributed by atoms with Crippen LogP contribution in [0.1, 0.15) is 22.8 Å². The standard InChI is InChI=1S/C15H16N4O/c1-12(10-16)18-5-7-19(8-6-18)15(20)14-4-2-3-13(9-14)11-17/h2-4,9,12H,5-8H2,1H3. The average molecular weight is 268 g/mol. The molecule has 5 heteroatoms. The topological polar surface area (TPSA) is 71.1 Å². The third-order valence-electron chi connectivity index (χ3n) is 3.57. The smallest absolute Gasteiger partial charge is 0.253 e. The van der Waals surface area contributed by atoms with Gasteiger partial charge in [0, 0.05) is 31.7 Å². The van der Waals surface area contributed by atoms with Gasteiger partial charge in [0.25, 0.3) is 5.91 Å². The molecular formula is C15H16N4O. The van der Waals surface area contributed by atoms with Crippen molar-refractivity contribution in [3.05, 3.63) is 35.4 Å². The van der Waals surface area contributed by atoms with Gasteiger partial charge >= 0.3 is 0 Å². The maximum Gasteiger partial charge on any atom is 0.253 e. The van der Waals surface area contributed by atoms with Gasteiger partial charge in [-0.25, -0.2) is 0 Å². The maximum atomic E-state index is 12.3. The lowest BCUT2D eigenvalue weighted by Crippen LogP contribution is -2.51. The summed E-state index contributed by atoms with van der Waals surface area (Å²) in [6.45, 7) is 4.51. The van der Waals surface area contributed by atoms with Crippen molar-refractivity contribution in [1.82, 2.24) is 9.80 Å². The molecule has 1 amide bonds. The molecular weight excluding hydrogens is 252 g/mol. The van der Waals surface area contributed by atoms with E-state index in [4.69, 9.17) is 10.5 Å². The summed E-state index contributed by atoms with van der Waals surface area (Å²) < 4.78 is 0. The second kappa shape index (κ2) is 6.18. The van der Waals surface area contributed by atoms with Gasteiger partial charge in [0.2, 0.25) is 0 Å². The van der Waals surface area contributed by atoms with E-state index in [9.17, 15) is 4.79 Å². The summed E-state index contributed by atoms with van der Waals surface area (Å²) >= 11 is 0. The first kappa shape index (κ1) is 14.0. The van der Waals surface area contributed by atoms with Crippen molar-refractivity contribution in [2.24, 2.45) is 0 Å². The van der Waals surface area contributed by atoms with Crippen LogP contribution >= 0.6 is 0 Å². The normalized spacial score (nSPS) is 17.1. The third kappa shape index (κ3) is 2.96. The first-order valence-corrected chi connectivity index (χ1v) is 6.59. The van der Waals surface area contributed by atoms with Crippen LogP contribution in [0.2, 0.25) is 0 Å². The molecule has 0 bridgehead atoms. The molecule has 0 aliphatic carbocycles. The molecule has 1 atom stereocenters. The molecule has 0 spiro atoms. The number of benzene rings is 1. The Morgan fingerprint density at radius 2 is 1.95 bits per heavy atom. The Balaban J connectivity index is 2.02. The van der Waals surface area contributed by atoms with Crippen LogP contribution in [0.5, 0.6) is 0 Å². The molecule has 5 nitrogen and oxygen atoms in total. The zero-order valence-electron chi connectivity index (χ0n) is 11.4. The number of carbonyl (C=O) groups is 1. The van der Waals surface area contributed by atoms with Crippen LogP contribution in [0.15, 0.2) is 24.3 Å². The predicted octanol–water partition coefficient (Wildman–Crippen LogP) is 1.23. The van der Waals surface area contributed by atoms with Crippen LogP contribution in [0, 0.1) is 22.7 Å². The van der Waals surface area contributed by atoms with Crippen molar-refractivity contribution in [3.63, 3.8) is 0 Å². The number of hydrogen-bond acceptors (Lipinski definition) is 4. The number of carbonyl (C=O) groups excluding carboxylic acids is 1. The monoisotopic (exact) mass is 268 g/mol. The van der Waals surface area contributed by atoms with E-state index in [1.54, 1.807) is 29.2 Å². The Kier molecular flexibility index (Phi) is 4.34. The Labute approximate surface area is 118 Å². The molecule has 20 heavy (non-hydrogen) atoms. The number of nitrogens with zero attached hydrogens (tertiary/aromatic N) is 4. The molecule has 1 unspecified atom stereocenters. The minimum Gasteiger partial charge on any atom is -0.336 e. The predicted molar refractivity (Wildman–Crippen MR) is 73.7 cm³/mol. The fraction of sp³-hybridized carbons (Fsp3) is 0.400. The van der Waals surface area contributed by atoms with Gasteiger partial charge in [-0.05, 0) is 25.1 Å². The lowest BCUT2D eigenvalue weighted by molar-refractivity contribution is 0.0615. The quantitative estimate of drug-likeness (QED) is 0.808. The van der Waals surface area contributed by atoms with E-state index >= 15 is 0 Å². The summed E-state index contributed by atoms with van der Waals surface area (Å²) in [5.41, 5.74) is 1.04. The molecule has 0 radical (unpaired) electrons. The molecule has 1 aliphatic heterocycles. The van der Waals surface area contributed by atoms with Crippen LogP contribution in [0.25, 0.3) is 0 Å². The van der Waals surface area contributed by atoms with E-state index in [0.29, 0.717) is 37.3 Å². The molecule has 0 saturated carbocycles. The number of nitriles is 2. The zero-order chi connectivity index (χ0) is 14.5. The molecule has 102 valence electrons. The molecule has 1 aromatic rings. The Bertz CT molecular complexity index is 576. The summed E-state index contributed by atoms with van der Waals surface area (Å²) in [6, 6.07) is 10.9. The number of hydrogen-bond donors (Lipinski definition) is 0. The van der Waals surface area contributed by atoms with Crippen LogP contribution < -0.4 is 0 Å². The Morgan fingerprint density at radius 3 is 2.55 bits per heavy atom. The van der Waals surface area contributed by atoms with Crippen molar-refractivity contribution < 1.29 is 4.79 Å². The van der Waals surface area contributed by atoms with Crippen molar-refractivity contribution in [2.75, 3.05) is 26.2 Å². The molecule has 0 aromatic heterocycles. The molecule has 0 N–H and O–H groups in total. The van der Waals surface area contributed by atoms with Crippen LogP contribution in [-0.4, -0.2) is 47.9 Å². The van der Waals surface area contributed by atoms with E-state index in [-0.39, 0.29) is 11.9 Å². The fourth-order valence-electron chi connectivity index (χ4n) is 2.30. The number of amides is 1. The molecule has 1 heterocycles. The molecule has 1 saturated heterocycles. The van der Waals surface area contributed by atoms with Gasteiger partial charge in [-0.15, -0.1) is 0 Å². The highest BCUT2D eigenvalue weighted by molar-refractivity contribution is 5.94. The van der Waals surface area contributed by atoms with Crippen molar-refractivity contribution in [1.29, 1.82) is 10.5 Å². The summed E-state index contributed by atoms with van der Waals surface area (Å²) in [7, 11) is 0. The molecule has 2 rings (SSSR count). The van der Waals surface area contributed by atoms with Gasteiger partial charge in [-0.3, -0.25) is 9.69 Å². The lowest BCUT2D eigenvalue weighted by Gasteiger charge is -2.35. The summed E-state index contributed by atoms with van der Waals surface area (Å²) in [5, 5.41) is 17.8. The highest BCUT2D eigenvalue weighted by Crippen LogP contribution is 2.12. The van der Waals surface area contributed by atoms with Crippen molar-refractivity contribution in [2.45, 2.75) is 13.0 Å².